The summed E-state index contributed by atoms with van der Waals surface area (Å²) in [5.74, 6) is 0. The van der Waals surface area contributed by atoms with Crippen molar-refractivity contribution in [3.05, 3.63) is 44.8 Å². The van der Waals surface area contributed by atoms with E-state index in [-0.39, 0.29) is 6.03 Å². The van der Waals surface area contributed by atoms with Gasteiger partial charge in [-0.2, -0.15) is 0 Å². The first-order valence-corrected chi connectivity index (χ1v) is 7.57. The van der Waals surface area contributed by atoms with Gasteiger partial charge >= 0.3 is 6.03 Å². The van der Waals surface area contributed by atoms with E-state index < -0.39 is 0 Å². The lowest BCUT2D eigenvalue weighted by molar-refractivity contribution is -0.773. The third-order valence-corrected chi connectivity index (χ3v) is 4.29. The van der Waals surface area contributed by atoms with Crippen LogP contribution in [0.1, 0.15) is 9.75 Å². The molecule has 1 N–H and O–H groups in total. The molecule has 2 aromatic rings. The summed E-state index contributed by atoms with van der Waals surface area (Å²) in [7, 11) is 3.75. The Balaban J connectivity index is 2.09. The molecule has 0 aliphatic rings. The van der Waals surface area contributed by atoms with Crippen LogP contribution in [0.15, 0.2) is 35.0 Å². The number of rotatable bonds is 4. The zero-order valence-electron chi connectivity index (χ0n) is 10.6. The van der Waals surface area contributed by atoms with Crippen LogP contribution in [0.2, 0.25) is 0 Å². The zero-order chi connectivity index (χ0) is 13.0. The average molecular weight is 281 g/mol. The number of carbonyl (C=O) groups is 1. The summed E-state index contributed by atoms with van der Waals surface area (Å²) in [6.07, 6.45) is 0. The van der Waals surface area contributed by atoms with Crippen molar-refractivity contribution in [3.63, 3.8) is 0 Å². The highest BCUT2D eigenvalue weighted by molar-refractivity contribution is 7.10. The molecule has 0 saturated heterocycles. The molecular weight excluding hydrogens is 264 g/mol. The van der Waals surface area contributed by atoms with Crippen molar-refractivity contribution in [2.45, 2.75) is 13.1 Å². The largest absolute Gasteiger partial charge is 0.417 e. The van der Waals surface area contributed by atoms with Gasteiger partial charge < -0.3 is 0 Å². The number of nitrogens with one attached hydrogen (secondary N) is 1. The molecule has 0 saturated carbocycles. The van der Waals surface area contributed by atoms with E-state index in [1.807, 2.05) is 41.9 Å². The standard InChI is InChI=1S/C13H16N2OS2/c1-14(2)13(16)15(9-11-5-3-7-17-11)10-12-6-4-8-18-12/h3-8H,9-10H2,1-2H3/p+1. The van der Waals surface area contributed by atoms with Crippen LogP contribution < -0.4 is 4.90 Å². The number of hydrogen-bond acceptors (Lipinski definition) is 3. The summed E-state index contributed by atoms with van der Waals surface area (Å²) in [5.41, 5.74) is 0. The molecule has 96 valence electrons. The van der Waals surface area contributed by atoms with Crippen LogP contribution in [-0.4, -0.2) is 25.0 Å². The smallest absolute Gasteiger partial charge is 0.282 e. The highest BCUT2D eigenvalue weighted by Crippen LogP contribution is 2.16. The number of nitrogens with zero attached hydrogens (tertiary/aromatic N) is 1. The maximum absolute atomic E-state index is 12.2. The molecular formula is C13H17N2OS2+. The van der Waals surface area contributed by atoms with Crippen LogP contribution in [0.4, 0.5) is 4.79 Å². The van der Waals surface area contributed by atoms with Crippen molar-refractivity contribution in [3.8, 4) is 0 Å². The minimum Gasteiger partial charge on any atom is -0.282 e. The molecule has 0 spiro atoms. The predicted octanol–water partition coefficient (Wildman–Crippen LogP) is 2.08. The van der Waals surface area contributed by atoms with Crippen molar-refractivity contribution in [2.75, 3.05) is 14.1 Å². The molecule has 3 nitrogen and oxygen atoms in total. The molecule has 2 aromatic heterocycles. The highest BCUT2D eigenvalue weighted by Gasteiger charge is 2.21. The number of amides is 2. The zero-order valence-corrected chi connectivity index (χ0v) is 12.2. The molecule has 0 fully saturated rings. The number of carbonyl (C=O) groups excluding carboxylic acids is 1. The van der Waals surface area contributed by atoms with E-state index in [9.17, 15) is 4.79 Å². The summed E-state index contributed by atoms with van der Waals surface area (Å²) < 4.78 is 0. The monoisotopic (exact) mass is 281 g/mol. The first-order chi connectivity index (χ1) is 8.66. The van der Waals surface area contributed by atoms with Crippen LogP contribution >= 0.6 is 22.7 Å². The van der Waals surface area contributed by atoms with Crippen molar-refractivity contribution in [2.24, 2.45) is 0 Å². The number of quaternary nitrogens is 1. The lowest BCUT2D eigenvalue weighted by Crippen LogP contribution is -3.10. The van der Waals surface area contributed by atoms with Gasteiger partial charge in [0.15, 0.2) is 0 Å². The van der Waals surface area contributed by atoms with Gasteiger partial charge in [-0.15, -0.1) is 22.7 Å². The minimum atomic E-state index is 0.136. The van der Waals surface area contributed by atoms with Gasteiger partial charge in [0.2, 0.25) is 0 Å². The molecule has 5 heteroatoms. The van der Waals surface area contributed by atoms with E-state index in [4.69, 9.17) is 0 Å². The second-order valence-corrected chi connectivity index (χ2v) is 6.38. The van der Waals surface area contributed by atoms with Crippen molar-refractivity contribution in [1.29, 1.82) is 0 Å². The topological polar surface area (TPSA) is 24.8 Å². The molecule has 0 aliphatic heterocycles. The third-order valence-electron chi connectivity index (χ3n) is 2.57. The second kappa shape index (κ2) is 6.13. The SMILES string of the molecule is C[NH+](C)C(=O)N(Cc1cccs1)Cc1cccs1. The van der Waals surface area contributed by atoms with Crippen LogP contribution in [0.5, 0.6) is 0 Å². The first kappa shape index (κ1) is 13.3. The Hall–Kier alpha value is -1.17. The van der Waals surface area contributed by atoms with Gasteiger partial charge in [-0.25, -0.2) is 4.79 Å². The lowest BCUT2D eigenvalue weighted by atomic mass is 10.4. The molecule has 2 amide bonds. The van der Waals surface area contributed by atoms with Crippen LogP contribution in [-0.2, 0) is 13.1 Å². The van der Waals surface area contributed by atoms with Crippen molar-refractivity contribution >= 4 is 28.7 Å². The van der Waals surface area contributed by atoms with Gasteiger partial charge in [0.1, 0.15) is 0 Å². The molecule has 0 aromatic carbocycles. The van der Waals surface area contributed by atoms with Crippen LogP contribution in [0.3, 0.4) is 0 Å². The van der Waals surface area contributed by atoms with Gasteiger partial charge in [0.25, 0.3) is 0 Å². The van der Waals surface area contributed by atoms with Crippen molar-refractivity contribution in [1.82, 2.24) is 4.90 Å². The maximum atomic E-state index is 12.2. The normalized spacial score (nSPS) is 10.8. The van der Waals surface area contributed by atoms with E-state index in [1.165, 1.54) is 9.75 Å². The second-order valence-electron chi connectivity index (χ2n) is 4.32. The summed E-state index contributed by atoms with van der Waals surface area (Å²) in [4.78, 5) is 17.4. The fourth-order valence-corrected chi connectivity index (χ4v) is 3.14. The Morgan fingerprint density at radius 3 is 1.94 bits per heavy atom. The third kappa shape index (κ3) is 3.41. The fraction of sp³-hybridized carbons (Fsp3) is 0.308. The average Bonchev–Trinajstić information content (AvgIpc) is 2.99. The molecule has 2 rings (SSSR count). The van der Waals surface area contributed by atoms with E-state index in [2.05, 4.69) is 12.1 Å². The first-order valence-electron chi connectivity index (χ1n) is 5.81. The molecule has 0 aliphatic carbocycles. The highest BCUT2D eigenvalue weighted by atomic mass is 32.1. The fourth-order valence-electron chi connectivity index (χ4n) is 1.70. The van der Waals surface area contributed by atoms with Crippen LogP contribution in [0, 0.1) is 0 Å². The maximum Gasteiger partial charge on any atom is 0.417 e. The van der Waals surface area contributed by atoms with Gasteiger partial charge in [0, 0.05) is 9.75 Å². The Labute approximate surface area is 115 Å². The molecule has 0 atom stereocenters. The lowest BCUT2D eigenvalue weighted by Gasteiger charge is -2.21. The molecule has 18 heavy (non-hydrogen) atoms. The Morgan fingerprint density at radius 1 is 1.11 bits per heavy atom. The predicted molar refractivity (Wildman–Crippen MR) is 76.1 cm³/mol. The molecule has 0 unspecified atom stereocenters. The van der Waals surface area contributed by atoms with E-state index in [0.29, 0.717) is 13.1 Å². The van der Waals surface area contributed by atoms with Crippen LogP contribution in [0.25, 0.3) is 0 Å². The quantitative estimate of drug-likeness (QED) is 0.912. The van der Waals surface area contributed by atoms with E-state index in [1.54, 1.807) is 22.7 Å². The summed E-state index contributed by atoms with van der Waals surface area (Å²) in [6.45, 7) is 1.39. The number of thiophene rings is 2. The van der Waals surface area contributed by atoms with Crippen molar-refractivity contribution < 1.29 is 9.69 Å². The van der Waals surface area contributed by atoms with Gasteiger partial charge in [0.05, 0.1) is 27.2 Å². The summed E-state index contributed by atoms with van der Waals surface area (Å²) in [5, 5.41) is 4.09. The summed E-state index contributed by atoms with van der Waals surface area (Å²) >= 11 is 3.39. The summed E-state index contributed by atoms with van der Waals surface area (Å²) in [6, 6.07) is 8.33. The minimum absolute atomic E-state index is 0.136. The molecule has 2 heterocycles. The number of urea groups is 1. The van der Waals surface area contributed by atoms with Gasteiger partial charge in [-0.1, -0.05) is 12.1 Å². The Bertz CT molecular complexity index is 441. The van der Waals surface area contributed by atoms with E-state index >= 15 is 0 Å². The number of hydrogen-bond donors (Lipinski definition) is 1. The van der Waals surface area contributed by atoms with E-state index in [0.717, 1.165) is 4.90 Å². The van der Waals surface area contributed by atoms with Gasteiger partial charge in [-0.3, -0.25) is 9.80 Å². The molecule has 0 bridgehead atoms. The van der Waals surface area contributed by atoms with Gasteiger partial charge in [-0.05, 0) is 22.9 Å². The Morgan fingerprint density at radius 2 is 1.61 bits per heavy atom. The molecule has 0 radical (unpaired) electrons. The Kier molecular flexibility index (Phi) is 4.52.